The van der Waals surface area contributed by atoms with E-state index in [0.29, 0.717) is 4.90 Å². The Morgan fingerprint density at radius 2 is 1.90 bits per heavy atom. The van der Waals surface area contributed by atoms with E-state index in [4.69, 9.17) is 0 Å². The van der Waals surface area contributed by atoms with Gasteiger partial charge in [-0.25, -0.2) is 8.42 Å². The molecule has 2 rings (SSSR count). The molecule has 1 aromatic heterocycles. The zero-order valence-electron chi connectivity index (χ0n) is 11.9. The van der Waals surface area contributed by atoms with Gasteiger partial charge in [0.25, 0.3) is 0 Å². The van der Waals surface area contributed by atoms with Gasteiger partial charge in [0.2, 0.25) is 10.0 Å². The molecule has 3 nitrogen and oxygen atoms in total. The highest BCUT2D eigenvalue weighted by Gasteiger charge is 2.26. The molecule has 0 bridgehead atoms. The van der Waals surface area contributed by atoms with Crippen molar-refractivity contribution in [2.75, 3.05) is 7.05 Å². The standard InChI is InChI=1S/C15H19NO2S2/c1-12-7-4-5-9-15(12)20(17,18)16(3)13(2)11-14-8-6-10-19-14/h4-10,13H,11H2,1-3H3. The van der Waals surface area contributed by atoms with Crippen molar-refractivity contribution in [3.63, 3.8) is 0 Å². The third-order valence-electron chi connectivity index (χ3n) is 3.45. The predicted molar refractivity (Wildman–Crippen MR) is 83.6 cm³/mol. The van der Waals surface area contributed by atoms with Crippen LogP contribution in [-0.2, 0) is 16.4 Å². The fourth-order valence-corrected chi connectivity index (χ4v) is 4.50. The quantitative estimate of drug-likeness (QED) is 0.850. The highest BCUT2D eigenvalue weighted by atomic mass is 32.2. The van der Waals surface area contributed by atoms with Crippen molar-refractivity contribution in [2.24, 2.45) is 0 Å². The maximum atomic E-state index is 12.7. The van der Waals surface area contributed by atoms with E-state index in [2.05, 4.69) is 0 Å². The number of nitrogens with zero attached hydrogens (tertiary/aromatic N) is 1. The second-order valence-electron chi connectivity index (χ2n) is 4.92. The third-order valence-corrected chi connectivity index (χ3v) is 6.48. The fourth-order valence-electron chi connectivity index (χ4n) is 2.09. The number of aryl methyl sites for hydroxylation is 1. The molecule has 0 radical (unpaired) electrons. The summed E-state index contributed by atoms with van der Waals surface area (Å²) in [6.07, 6.45) is 0.735. The van der Waals surface area contributed by atoms with E-state index in [-0.39, 0.29) is 6.04 Å². The molecule has 0 aliphatic carbocycles. The largest absolute Gasteiger partial charge is 0.243 e. The summed E-state index contributed by atoms with van der Waals surface area (Å²) in [5.41, 5.74) is 0.780. The van der Waals surface area contributed by atoms with Crippen LogP contribution in [0.5, 0.6) is 0 Å². The lowest BCUT2D eigenvalue weighted by molar-refractivity contribution is 0.388. The van der Waals surface area contributed by atoms with Gasteiger partial charge in [-0.2, -0.15) is 4.31 Å². The van der Waals surface area contributed by atoms with Crippen molar-refractivity contribution in [1.82, 2.24) is 4.31 Å². The molecule has 0 N–H and O–H groups in total. The first-order valence-electron chi connectivity index (χ1n) is 6.49. The summed E-state index contributed by atoms with van der Waals surface area (Å²) in [4.78, 5) is 1.59. The van der Waals surface area contributed by atoms with Crippen molar-refractivity contribution in [1.29, 1.82) is 0 Å². The minimum absolute atomic E-state index is 0.0711. The SMILES string of the molecule is Cc1ccccc1S(=O)(=O)N(C)C(C)Cc1cccs1. The van der Waals surface area contributed by atoms with Crippen LogP contribution in [0, 0.1) is 6.92 Å². The zero-order chi connectivity index (χ0) is 14.8. The number of rotatable bonds is 5. The van der Waals surface area contributed by atoms with E-state index >= 15 is 0 Å². The van der Waals surface area contributed by atoms with E-state index in [0.717, 1.165) is 12.0 Å². The van der Waals surface area contributed by atoms with Gasteiger partial charge >= 0.3 is 0 Å². The summed E-state index contributed by atoms with van der Waals surface area (Å²) < 4.78 is 26.8. The second-order valence-corrected chi connectivity index (χ2v) is 7.92. The van der Waals surface area contributed by atoms with Gasteiger partial charge in [-0.05, 0) is 43.3 Å². The van der Waals surface area contributed by atoms with Crippen LogP contribution in [0.1, 0.15) is 17.4 Å². The summed E-state index contributed by atoms with van der Waals surface area (Å²) in [5.74, 6) is 0. The first kappa shape index (κ1) is 15.2. The van der Waals surface area contributed by atoms with E-state index in [1.165, 1.54) is 9.18 Å². The van der Waals surface area contributed by atoms with E-state index in [1.54, 1.807) is 30.5 Å². The Morgan fingerprint density at radius 1 is 1.20 bits per heavy atom. The first-order valence-corrected chi connectivity index (χ1v) is 8.81. The lowest BCUT2D eigenvalue weighted by Crippen LogP contribution is -2.36. The van der Waals surface area contributed by atoms with Crippen LogP contribution in [-0.4, -0.2) is 25.8 Å². The van der Waals surface area contributed by atoms with Gasteiger partial charge in [0.15, 0.2) is 0 Å². The highest BCUT2D eigenvalue weighted by Crippen LogP contribution is 2.22. The molecule has 2 aromatic rings. The van der Waals surface area contributed by atoms with Crippen molar-refractivity contribution >= 4 is 21.4 Å². The molecular weight excluding hydrogens is 290 g/mol. The molecular formula is C15H19NO2S2. The molecule has 20 heavy (non-hydrogen) atoms. The molecule has 1 aromatic carbocycles. The number of sulfonamides is 1. The molecule has 5 heteroatoms. The molecule has 0 saturated carbocycles. The van der Waals surface area contributed by atoms with Crippen molar-refractivity contribution in [2.45, 2.75) is 31.2 Å². The molecule has 0 amide bonds. The van der Waals surface area contributed by atoms with Gasteiger partial charge in [-0.15, -0.1) is 11.3 Å². The summed E-state index contributed by atoms with van der Waals surface area (Å²) in [6.45, 7) is 3.76. The van der Waals surface area contributed by atoms with Gasteiger partial charge in [-0.1, -0.05) is 24.3 Å². The predicted octanol–water partition coefficient (Wildman–Crippen LogP) is 3.31. The smallest absolute Gasteiger partial charge is 0.207 e. The molecule has 1 atom stereocenters. The second kappa shape index (κ2) is 6.08. The third kappa shape index (κ3) is 3.11. The Hall–Kier alpha value is -1.17. The Bertz CT molecular complexity index is 663. The van der Waals surface area contributed by atoms with Crippen LogP contribution >= 0.6 is 11.3 Å². The van der Waals surface area contributed by atoms with Gasteiger partial charge in [0.1, 0.15) is 0 Å². The van der Waals surface area contributed by atoms with Crippen LogP contribution in [0.2, 0.25) is 0 Å². The van der Waals surface area contributed by atoms with E-state index in [1.807, 2.05) is 43.5 Å². The molecule has 0 aliphatic heterocycles. The number of benzene rings is 1. The van der Waals surface area contributed by atoms with Crippen molar-refractivity contribution < 1.29 is 8.42 Å². The van der Waals surface area contributed by atoms with Crippen molar-refractivity contribution in [3.8, 4) is 0 Å². The number of hydrogen-bond acceptors (Lipinski definition) is 3. The Kier molecular flexibility index (Phi) is 4.62. The maximum Gasteiger partial charge on any atom is 0.243 e. The Morgan fingerprint density at radius 3 is 2.50 bits per heavy atom. The maximum absolute atomic E-state index is 12.7. The Balaban J connectivity index is 2.23. The minimum Gasteiger partial charge on any atom is -0.207 e. The molecule has 1 unspecified atom stereocenters. The monoisotopic (exact) mass is 309 g/mol. The van der Waals surface area contributed by atoms with Gasteiger partial charge < -0.3 is 0 Å². The fraction of sp³-hybridized carbons (Fsp3) is 0.333. The van der Waals surface area contributed by atoms with E-state index in [9.17, 15) is 8.42 Å². The number of thiophene rings is 1. The molecule has 0 aliphatic rings. The van der Waals surface area contributed by atoms with Crippen LogP contribution in [0.25, 0.3) is 0 Å². The molecule has 0 saturated heterocycles. The molecule has 108 valence electrons. The summed E-state index contributed by atoms with van der Waals surface area (Å²) >= 11 is 1.66. The minimum atomic E-state index is -3.43. The lowest BCUT2D eigenvalue weighted by Gasteiger charge is -2.24. The molecule has 0 spiro atoms. The molecule has 0 fully saturated rings. The average Bonchev–Trinajstić information content (AvgIpc) is 2.90. The summed E-state index contributed by atoms with van der Waals surface area (Å²) in [7, 11) is -1.78. The zero-order valence-corrected chi connectivity index (χ0v) is 13.5. The lowest BCUT2D eigenvalue weighted by atomic mass is 10.2. The highest BCUT2D eigenvalue weighted by molar-refractivity contribution is 7.89. The first-order chi connectivity index (χ1) is 9.43. The van der Waals surface area contributed by atoms with E-state index < -0.39 is 10.0 Å². The van der Waals surface area contributed by atoms with Gasteiger partial charge in [0.05, 0.1) is 4.90 Å². The van der Waals surface area contributed by atoms with Gasteiger partial charge in [0, 0.05) is 18.0 Å². The number of hydrogen-bond donors (Lipinski definition) is 0. The normalized spacial score (nSPS) is 13.6. The van der Waals surface area contributed by atoms with Crippen LogP contribution in [0.15, 0.2) is 46.7 Å². The van der Waals surface area contributed by atoms with Crippen LogP contribution < -0.4 is 0 Å². The average molecular weight is 309 g/mol. The summed E-state index contributed by atoms with van der Waals surface area (Å²) in [6, 6.07) is 11.1. The van der Waals surface area contributed by atoms with Gasteiger partial charge in [-0.3, -0.25) is 0 Å². The van der Waals surface area contributed by atoms with Crippen molar-refractivity contribution in [3.05, 3.63) is 52.2 Å². The molecule has 1 heterocycles. The van der Waals surface area contributed by atoms with Crippen LogP contribution in [0.3, 0.4) is 0 Å². The van der Waals surface area contributed by atoms with Crippen LogP contribution in [0.4, 0.5) is 0 Å². The summed E-state index contributed by atoms with van der Waals surface area (Å²) in [5, 5.41) is 2.01. The topological polar surface area (TPSA) is 37.4 Å². The Labute approximate surface area is 124 Å². The number of likely N-dealkylation sites (N-methyl/N-ethyl adjacent to an activating group) is 1.